The second-order valence-corrected chi connectivity index (χ2v) is 4.64. The molecule has 0 bridgehead atoms. The van der Waals surface area contributed by atoms with Gasteiger partial charge in [-0.3, -0.25) is 14.4 Å². The molecule has 0 saturated heterocycles. The lowest BCUT2D eigenvalue weighted by Crippen LogP contribution is -2.38. The first-order valence-electron chi connectivity index (χ1n) is 5.23. The van der Waals surface area contributed by atoms with Gasteiger partial charge in [-0.15, -0.1) is 11.3 Å². The number of carboxylic acid groups (broad SMARTS) is 2. The summed E-state index contributed by atoms with van der Waals surface area (Å²) in [6, 6.07) is 3.57. The first-order chi connectivity index (χ1) is 8.49. The number of carbonyl (C=O) groups excluding carboxylic acids is 1. The van der Waals surface area contributed by atoms with Gasteiger partial charge in [0.05, 0.1) is 12.8 Å². The van der Waals surface area contributed by atoms with Gasteiger partial charge in [-0.25, -0.2) is 0 Å². The Morgan fingerprint density at radius 2 is 1.94 bits per heavy atom. The molecule has 1 aromatic heterocycles. The van der Waals surface area contributed by atoms with Crippen molar-refractivity contribution >= 4 is 29.2 Å². The minimum atomic E-state index is -1.15. The molecule has 6 nitrogen and oxygen atoms in total. The van der Waals surface area contributed by atoms with Crippen molar-refractivity contribution in [2.45, 2.75) is 12.8 Å². The maximum Gasteiger partial charge on any atom is 0.323 e. The fourth-order valence-electron chi connectivity index (χ4n) is 1.36. The van der Waals surface area contributed by atoms with Crippen molar-refractivity contribution in [1.29, 1.82) is 0 Å². The van der Waals surface area contributed by atoms with E-state index >= 15 is 0 Å². The monoisotopic (exact) mass is 271 g/mol. The molecule has 0 aliphatic rings. The van der Waals surface area contributed by atoms with Crippen LogP contribution in [0.2, 0.25) is 0 Å². The van der Waals surface area contributed by atoms with Crippen LogP contribution in [-0.2, 0) is 20.8 Å². The molecule has 1 aromatic rings. The SMILES string of the molecule is O=C(O)CCN(CC(=O)O)C(=O)Cc1cccs1. The van der Waals surface area contributed by atoms with Gasteiger partial charge in [0, 0.05) is 11.4 Å². The Balaban J connectivity index is 2.60. The van der Waals surface area contributed by atoms with Crippen molar-refractivity contribution in [1.82, 2.24) is 4.90 Å². The molecule has 0 unspecified atom stereocenters. The van der Waals surface area contributed by atoms with Gasteiger partial charge in [0.1, 0.15) is 6.54 Å². The zero-order valence-electron chi connectivity index (χ0n) is 9.54. The molecule has 0 aliphatic carbocycles. The highest BCUT2D eigenvalue weighted by Crippen LogP contribution is 2.10. The molecule has 0 atom stereocenters. The van der Waals surface area contributed by atoms with E-state index in [9.17, 15) is 14.4 Å². The molecule has 0 aliphatic heterocycles. The maximum absolute atomic E-state index is 11.8. The van der Waals surface area contributed by atoms with E-state index in [1.807, 2.05) is 5.38 Å². The highest BCUT2D eigenvalue weighted by atomic mass is 32.1. The van der Waals surface area contributed by atoms with Gasteiger partial charge in [-0.1, -0.05) is 6.07 Å². The van der Waals surface area contributed by atoms with E-state index in [-0.39, 0.29) is 25.3 Å². The number of thiophene rings is 1. The van der Waals surface area contributed by atoms with Crippen LogP contribution in [0.25, 0.3) is 0 Å². The smallest absolute Gasteiger partial charge is 0.323 e. The van der Waals surface area contributed by atoms with Crippen molar-refractivity contribution in [3.05, 3.63) is 22.4 Å². The Morgan fingerprint density at radius 3 is 2.44 bits per heavy atom. The van der Waals surface area contributed by atoms with Crippen LogP contribution in [0.1, 0.15) is 11.3 Å². The summed E-state index contributed by atoms with van der Waals surface area (Å²) in [5.41, 5.74) is 0. The van der Waals surface area contributed by atoms with Crippen molar-refractivity contribution in [3.63, 3.8) is 0 Å². The average molecular weight is 271 g/mol. The Morgan fingerprint density at radius 1 is 1.22 bits per heavy atom. The van der Waals surface area contributed by atoms with Gasteiger partial charge in [-0.05, 0) is 11.4 Å². The summed E-state index contributed by atoms with van der Waals surface area (Å²) in [5.74, 6) is -2.59. The van der Waals surface area contributed by atoms with Crippen LogP contribution >= 0.6 is 11.3 Å². The lowest BCUT2D eigenvalue weighted by atomic mass is 10.3. The molecule has 1 amide bonds. The predicted octanol–water partition coefficient (Wildman–Crippen LogP) is 0.679. The molecule has 0 spiro atoms. The van der Waals surface area contributed by atoms with Crippen LogP contribution < -0.4 is 0 Å². The highest BCUT2D eigenvalue weighted by molar-refractivity contribution is 7.10. The molecule has 98 valence electrons. The van der Waals surface area contributed by atoms with E-state index in [4.69, 9.17) is 10.2 Å². The lowest BCUT2D eigenvalue weighted by molar-refractivity contribution is -0.145. The molecule has 0 radical (unpaired) electrons. The molecule has 0 saturated carbocycles. The molecule has 1 heterocycles. The molecule has 0 aromatic carbocycles. The number of hydrogen-bond acceptors (Lipinski definition) is 4. The maximum atomic E-state index is 11.8. The number of amides is 1. The Labute approximate surface area is 107 Å². The molecule has 0 fully saturated rings. The minimum absolute atomic E-state index is 0.0914. The summed E-state index contributed by atoms with van der Waals surface area (Å²) in [6.45, 7) is -0.566. The third kappa shape index (κ3) is 4.96. The summed E-state index contributed by atoms with van der Waals surface area (Å²) in [5, 5.41) is 19.1. The summed E-state index contributed by atoms with van der Waals surface area (Å²) < 4.78 is 0. The van der Waals surface area contributed by atoms with E-state index in [2.05, 4.69) is 0 Å². The first kappa shape index (κ1) is 14.2. The Hall–Kier alpha value is -1.89. The third-order valence-electron chi connectivity index (χ3n) is 2.18. The molecular weight excluding hydrogens is 258 g/mol. The van der Waals surface area contributed by atoms with Crippen LogP contribution in [0, 0.1) is 0 Å². The van der Waals surface area contributed by atoms with Crippen molar-refractivity contribution in [2.75, 3.05) is 13.1 Å². The predicted molar refractivity (Wildman–Crippen MR) is 64.5 cm³/mol. The largest absolute Gasteiger partial charge is 0.481 e. The minimum Gasteiger partial charge on any atom is -0.481 e. The van der Waals surface area contributed by atoms with Crippen LogP contribution in [0.15, 0.2) is 17.5 Å². The van der Waals surface area contributed by atoms with Crippen LogP contribution in [0.5, 0.6) is 0 Å². The topological polar surface area (TPSA) is 94.9 Å². The van der Waals surface area contributed by atoms with Gasteiger partial charge < -0.3 is 15.1 Å². The molecule has 7 heteroatoms. The first-order valence-corrected chi connectivity index (χ1v) is 6.10. The Bertz CT molecular complexity index is 429. The van der Waals surface area contributed by atoms with Crippen molar-refractivity contribution in [2.24, 2.45) is 0 Å². The normalized spacial score (nSPS) is 10.0. The van der Waals surface area contributed by atoms with Crippen LogP contribution in [0.3, 0.4) is 0 Å². The molecule has 1 rings (SSSR count). The number of nitrogens with zero attached hydrogens (tertiary/aromatic N) is 1. The zero-order chi connectivity index (χ0) is 13.5. The van der Waals surface area contributed by atoms with E-state index in [1.165, 1.54) is 11.3 Å². The summed E-state index contributed by atoms with van der Waals surface area (Å²) in [7, 11) is 0. The van der Waals surface area contributed by atoms with Crippen molar-refractivity contribution in [3.8, 4) is 0 Å². The summed E-state index contributed by atoms with van der Waals surface area (Å²) in [6.07, 6.45) is -0.159. The van der Waals surface area contributed by atoms with Gasteiger partial charge in [0.25, 0.3) is 0 Å². The second kappa shape index (κ2) is 6.75. The number of carboxylic acids is 2. The van der Waals surface area contributed by atoms with Crippen LogP contribution in [-0.4, -0.2) is 46.0 Å². The second-order valence-electron chi connectivity index (χ2n) is 3.61. The van der Waals surface area contributed by atoms with E-state index < -0.39 is 18.5 Å². The van der Waals surface area contributed by atoms with E-state index in [1.54, 1.807) is 12.1 Å². The van der Waals surface area contributed by atoms with Crippen molar-refractivity contribution < 1.29 is 24.6 Å². The van der Waals surface area contributed by atoms with E-state index in [0.29, 0.717) is 0 Å². The standard InChI is InChI=1S/C11H13NO5S/c13-9(6-8-2-1-5-18-8)12(7-11(16)17)4-3-10(14)15/h1-2,5H,3-4,6-7H2,(H,14,15)(H,16,17). The van der Waals surface area contributed by atoms with Gasteiger partial charge in [-0.2, -0.15) is 0 Å². The number of hydrogen-bond donors (Lipinski definition) is 2. The number of carbonyl (C=O) groups is 3. The zero-order valence-corrected chi connectivity index (χ0v) is 10.4. The summed E-state index contributed by atoms with van der Waals surface area (Å²) >= 11 is 1.40. The van der Waals surface area contributed by atoms with Crippen LogP contribution in [0.4, 0.5) is 0 Å². The number of rotatable bonds is 7. The number of aliphatic carboxylic acids is 2. The molecule has 18 heavy (non-hydrogen) atoms. The van der Waals surface area contributed by atoms with E-state index in [0.717, 1.165) is 9.78 Å². The van der Waals surface area contributed by atoms with Gasteiger partial charge in [0.2, 0.25) is 5.91 Å². The highest BCUT2D eigenvalue weighted by Gasteiger charge is 2.18. The van der Waals surface area contributed by atoms with Gasteiger partial charge >= 0.3 is 11.9 Å². The quantitative estimate of drug-likeness (QED) is 0.760. The molecular formula is C11H13NO5S. The summed E-state index contributed by atoms with van der Waals surface area (Å²) in [4.78, 5) is 34.8. The lowest BCUT2D eigenvalue weighted by Gasteiger charge is -2.19. The fraction of sp³-hybridized carbons (Fsp3) is 0.364. The molecule has 2 N–H and O–H groups in total. The average Bonchev–Trinajstić information content (AvgIpc) is 2.76. The third-order valence-corrected chi connectivity index (χ3v) is 3.06. The Kier molecular flexibility index (Phi) is 5.31. The van der Waals surface area contributed by atoms with Gasteiger partial charge in [0.15, 0.2) is 0 Å². The fourth-order valence-corrected chi connectivity index (χ4v) is 2.06.